The molecule has 0 aliphatic heterocycles. The second-order valence-electron chi connectivity index (χ2n) is 3.58. The van der Waals surface area contributed by atoms with Crippen LogP contribution in [0.2, 0.25) is 0 Å². The van der Waals surface area contributed by atoms with E-state index in [1.165, 1.54) is 12.4 Å². The van der Waals surface area contributed by atoms with Gasteiger partial charge in [0.15, 0.2) is 0 Å². The summed E-state index contributed by atoms with van der Waals surface area (Å²) in [5.74, 6) is -0.253. The zero-order chi connectivity index (χ0) is 12.3. The summed E-state index contributed by atoms with van der Waals surface area (Å²) in [6.07, 6.45) is 2.96. The quantitative estimate of drug-likeness (QED) is 0.819. The molecule has 0 unspecified atom stereocenters. The average Bonchev–Trinajstić information content (AvgIpc) is 2.85. The van der Waals surface area contributed by atoms with Crippen LogP contribution in [-0.4, -0.2) is 16.1 Å². The maximum atomic E-state index is 11.8. The van der Waals surface area contributed by atoms with Crippen molar-refractivity contribution in [3.05, 3.63) is 47.3 Å². The van der Waals surface area contributed by atoms with Gasteiger partial charge in [-0.2, -0.15) is 10.4 Å². The molecule has 0 atom stereocenters. The van der Waals surface area contributed by atoms with Crippen molar-refractivity contribution in [3.63, 3.8) is 0 Å². The largest absolute Gasteiger partial charge is 0.322 e. The molecule has 84 valence electrons. The van der Waals surface area contributed by atoms with E-state index in [0.717, 1.165) is 5.56 Å². The summed E-state index contributed by atoms with van der Waals surface area (Å²) in [7, 11) is 0. The lowest BCUT2D eigenvalue weighted by Crippen LogP contribution is -2.12. The summed E-state index contributed by atoms with van der Waals surface area (Å²) >= 11 is 0. The Bertz CT molecular complexity index is 581. The first-order valence-corrected chi connectivity index (χ1v) is 5.01. The van der Waals surface area contributed by atoms with Crippen molar-refractivity contribution in [2.75, 3.05) is 5.32 Å². The molecular weight excluding hydrogens is 216 g/mol. The van der Waals surface area contributed by atoms with E-state index >= 15 is 0 Å². The second kappa shape index (κ2) is 4.49. The van der Waals surface area contributed by atoms with Crippen LogP contribution in [0.5, 0.6) is 0 Å². The third kappa shape index (κ3) is 2.32. The van der Waals surface area contributed by atoms with Gasteiger partial charge in [-0.3, -0.25) is 9.89 Å². The van der Waals surface area contributed by atoms with E-state index in [-0.39, 0.29) is 5.91 Å². The molecule has 2 rings (SSSR count). The highest BCUT2D eigenvalue weighted by Crippen LogP contribution is 2.17. The van der Waals surface area contributed by atoms with Crippen LogP contribution in [0.3, 0.4) is 0 Å². The van der Waals surface area contributed by atoms with Crippen molar-refractivity contribution < 1.29 is 4.79 Å². The molecule has 0 radical (unpaired) electrons. The molecule has 0 aliphatic rings. The normalized spacial score (nSPS) is 9.65. The van der Waals surface area contributed by atoms with Gasteiger partial charge in [0.1, 0.15) is 0 Å². The Morgan fingerprint density at radius 1 is 1.53 bits per heavy atom. The number of hydrogen-bond donors (Lipinski definition) is 2. The number of nitrogens with one attached hydrogen (secondary N) is 2. The van der Waals surface area contributed by atoms with E-state index in [1.807, 2.05) is 13.0 Å². The number of aryl methyl sites for hydroxylation is 1. The predicted molar refractivity (Wildman–Crippen MR) is 62.4 cm³/mol. The van der Waals surface area contributed by atoms with E-state index < -0.39 is 0 Å². The average molecular weight is 226 g/mol. The van der Waals surface area contributed by atoms with Gasteiger partial charge in [-0.05, 0) is 24.6 Å². The van der Waals surface area contributed by atoms with Crippen LogP contribution < -0.4 is 5.32 Å². The first-order valence-electron chi connectivity index (χ1n) is 5.01. The van der Waals surface area contributed by atoms with Crippen LogP contribution in [-0.2, 0) is 0 Å². The number of H-pyrrole nitrogens is 1. The number of benzene rings is 1. The van der Waals surface area contributed by atoms with Crippen LogP contribution in [0.1, 0.15) is 21.5 Å². The van der Waals surface area contributed by atoms with E-state index in [9.17, 15) is 4.79 Å². The maximum Gasteiger partial charge on any atom is 0.258 e. The van der Waals surface area contributed by atoms with Gasteiger partial charge in [0.25, 0.3) is 5.91 Å². The molecule has 0 aliphatic carbocycles. The topological polar surface area (TPSA) is 81.6 Å². The summed E-state index contributed by atoms with van der Waals surface area (Å²) in [5.41, 5.74) is 2.50. The molecule has 5 heteroatoms. The molecule has 17 heavy (non-hydrogen) atoms. The maximum absolute atomic E-state index is 11.8. The van der Waals surface area contributed by atoms with Gasteiger partial charge in [0, 0.05) is 11.9 Å². The summed E-state index contributed by atoms with van der Waals surface area (Å²) in [6.45, 7) is 1.87. The SMILES string of the molecule is Cc1ccc(C#N)cc1NC(=O)c1cn[nH]c1. The van der Waals surface area contributed by atoms with Gasteiger partial charge in [-0.1, -0.05) is 6.07 Å². The number of aromatic nitrogens is 2. The first kappa shape index (κ1) is 10.9. The van der Waals surface area contributed by atoms with Crippen molar-refractivity contribution >= 4 is 11.6 Å². The second-order valence-corrected chi connectivity index (χ2v) is 3.58. The smallest absolute Gasteiger partial charge is 0.258 e. The van der Waals surface area contributed by atoms with Crippen LogP contribution in [0, 0.1) is 18.3 Å². The van der Waals surface area contributed by atoms with E-state index in [2.05, 4.69) is 15.5 Å². The highest BCUT2D eigenvalue weighted by atomic mass is 16.1. The number of carbonyl (C=O) groups is 1. The van der Waals surface area contributed by atoms with Crippen molar-refractivity contribution in [1.29, 1.82) is 5.26 Å². The minimum Gasteiger partial charge on any atom is -0.322 e. The van der Waals surface area contributed by atoms with Gasteiger partial charge in [-0.25, -0.2) is 0 Å². The predicted octanol–water partition coefficient (Wildman–Crippen LogP) is 1.84. The van der Waals surface area contributed by atoms with Gasteiger partial charge >= 0.3 is 0 Å². The Kier molecular flexibility index (Phi) is 2.88. The van der Waals surface area contributed by atoms with Gasteiger partial charge in [-0.15, -0.1) is 0 Å². The fourth-order valence-electron chi connectivity index (χ4n) is 1.40. The Balaban J connectivity index is 2.25. The Morgan fingerprint density at radius 3 is 3.00 bits per heavy atom. The summed E-state index contributed by atoms with van der Waals surface area (Å²) in [6, 6.07) is 7.19. The third-order valence-electron chi connectivity index (χ3n) is 2.38. The Morgan fingerprint density at radius 2 is 2.35 bits per heavy atom. The molecule has 2 aromatic rings. The fourth-order valence-corrected chi connectivity index (χ4v) is 1.40. The van der Waals surface area contributed by atoms with Crippen molar-refractivity contribution in [2.24, 2.45) is 0 Å². The number of rotatable bonds is 2. The van der Waals surface area contributed by atoms with Crippen molar-refractivity contribution in [3.8, 4) is 6.07 Å². The molecule has 1 heterocycles. The zero-order valence-corrected chi connectivity index (χ0v) is 9.19. The minimum atomic E-state index is -0.253. The van der Waals surface area contributed by atoms with Crippen molar-refractivity contribution in [1.82, 2.24) is 10.2 Å². The lowest BCUT2D eigenvalue weighted by atomic mass is 10.1. The van der Waals surface area contributed by atoms with Gasteiger partial charge in [0.2, 0.25) is 0 Å². The van der Waals surface area contributed by atoms with Crippen LogP contribution in [0.15, 0.2) is 30.6 Å². The summed E-state index contributed by atoms with van der Waals surface area (Å²) in [4.78, 5) is 11.8. The lowest BCUT2D eigenvalue weighted by Gasteiger charge is -2.07. The number of anilines is 1. The van der Waals surface area contributed by atoms with Gasteiger partial charge < -0.3 is 5.32 Å². The highest BCUT2D eigenvalue weighted by molar-refractivity contribution is 6.04. The first-order chi connectivity index (χ1) is 8.20. The molecule has 0 spiro atoms. The molecule has 1 amide bonds. The van der Waals surface area contributed by atoms with Crippen molar-refractivity contribution in [2.45, 2.75) is 6.92 Å². The molecule has 5 nitrogen and oxygen atoms in total. The molecular formula is C12H10N4O. The monoisotopic (exact) mass is 226 g/mol. The summed E-state index contributed by atoms with van der Waals surface area (Å²) in [5, 5.41) is 17.8. The highest BCUT2D eigenvalue weighted by Gasteiger charge is 2.08. The number of hydrogen-bond acceptors (Lipinski definition) is 3. The van der Waals surface area contributed by atoms with E-state index in [4.69, 9.17) is 5.26 Å². The molecule has 0 fully saturated rings. The minimum absolute atomic E-state index is 0.253. The lowest BCUT2D eigenvalue weighted by molar-refractivity contribution is 0.102. The Hall–Kier alpha value is -2.61. The van der Waals surface area contributed by atoms with Crippen LogP contribution in [0.4, 0.5) is 5.69 Å². The standard InChI is InChI=1S/C12H10N4O/c1-8-2-3-9(5-13)4-11(8)16-12(17)10-6-14-15-7-10/h2-4,6-7H,1H3,(H,14,15)(H,16,17). The fraction of sp³-hybridized carbons (Fsp3) is 0.0833. The molecule has 1 aromatic carbocycles. The number of nitriles is 1. The zero-order valence-electron chi connectivity index (χ0n) is 9.19. The number of nitrogens with zero attached hydrogens (tertiary/aromatic N) is 2. The Labute approximate surface area is 98.1 Å². The summed E-state index contributed by atoms with van der Waals surface area (Å²) < 4.78 is 0. The van der Waals surface area contributed by atoms with Gasteiger partial charge in [0.05, 0.1) is 23.4 Å². The molecule has 2 N–H and O–H groups in total. The van der Waals surface area contributed by atoms with Crippen LogP contribution in [0.25, 0.3) is 0 Å². The van der Waals surface area contributed by atoms with E-state index in [0.29, 0.717) is 16.8 Å². The van der Waals surface area contributed by atoms with E-state index in [1.54, 1.807) is 18.2 Å². The third-order valence-corrected chi connectivity index (χ3v) is 2.38. The molecule has 0 saturated carbocycles. The molecule has 0 bridgehead atoms. The molecule has 0 saturated heterocycles. The molecule has 1 aromatic heterocycles. The van der Waals surface area contributed by atoms with Crippen LogP contribution >= 0.6 is 0 Å². The number of amides is 1. The number of carbonyl (C=O) groups excluding carboxylic acids is 1. The number of aromatic amines is 1.